The fraction of sp³-hybridized carbons (Fsp3) is 0.260. The van der Waals surface area contributed by atoms with Gasteiger partial charge in [-0.15, -0.1) is 0 Å². The molecule has 77 heavy (non-hydrogen) atoms. The van der Waals surface area contributed by atoms with Crippen LogP contribution in [0.3, 0.4) is 0 Å². The van der Waals surface area contributed by atoms with Crippen molar-refractivity contribution in [1.82, 2.24) is 15.2 Å². The number of likely N-dealkylation sites (N-methyl/N-ethyl adjacent to an activating group) is 1. The largest absolute Gasteiger partial charge is 0.394 e. The second-order valence-electron chi connectivity index (χ2n) is 17.6. The second-order valence-corrected chi connectivity index (χ2v) is 17.6. The minimum atomic E-state index is -0.100. The van der Waals surface area contributed by atoms with Crippen molar-refractivity contribution >= 4 is 33.8 Å². The molecule has 0 saturated heterocycles. The molecule has 4 heteroatoms. The Balaban J connectivity index is 0.000000556. The van der Waals surface area contributed by atoms with Crippen LogP contribution in [0.5, 0.6) is 0 Å². The first kappa shape index (κ1) is 61.7. The predicted molar refractivity (Wildman–Crippen MR) is 345 cm³/mol. The quantitative estimate of drug-likeness (QED) is 0.0951. The Morgan fingerprint density at radius 1 is 0.571 bits per heavy atom. The van der Waals surface area contributed by atoms with Crippen LogP contribution in [-0.4, -0.2) is 18.7 Å². The van der Waals surface area contributed by atoms with E-state index in [4.69, 9.17) is 0 Å². The first-order chi connectivity index (χ1) is 37.9. The van der Waals surface area contributed by atoms with Gasteiger partial charge < -0.3 is 20.5 Å². The minimum absolute atomic E-state index is 0.100. The maximum absolute atomic E-state index is 4.05. The summed E-state index contributed by atoms with van der Waals surface area (Å²) in [5, 5.41) is 12.1. The van der Waals surface area contributed by atoms with Crippen molar-refractivity contribution in [1.29, 1.82) is 0 Å². The zero-order valence-corrected chi connectivity index (χ0v) is 49.1. The molecule has 0 radical (unpaired) electrons. The summed E-state index contributed by atoms with van der Waals surface area (Å²) in [6.07, 6.45) is 27.6. The van der Waals surface area contributed by atoms with Crippen molar-refractivity contribution in [3.05, 3.63) is 257 Å². The highest BCUT2D eigenvalue weighted by molar-refractivity contribution is 5.99. The first-order valence-corrected chi connectivity index (χ1v) is 28.5. The van der Waals surface area contributed by atoms with Crippen molar-refractivity contribution in [2.75, 3.05) is 19.4 Å². The molecule has 2 aliphatic carbocycles. The molecule has 0 spiro atoms. The summed E-state index contributed by atoms with van der Waals surface area (Å²) >= 11 is 0. The summed E-state index contributed by atoms with van der Waals surface area (Å²) in [5.41, 5.74) is 21.4. The van der Waals surface area contributed by atoms with Gasteiger partial charge in [0, 0.05) is 53.4 Å². The van der Waals surface area contributed by atoms with E-state index < -0.39 is 0 Å². The average Bonchev–Trinajstić information content (AvgIpc) is 3.90. The van der Waals surface area contributed by atoms with Crippen LogP contribution in [0.4, 0.5) is 5.69 Å². The Morgan fingerprint density at radius 3 is 1.84 bits per heavy atom. The van der Waals surface area contributed by atoms with E-state index in [0.717, 1.165) is 31.4 Å². The Labute approximate surface area is 466 Å². The number of para-hydroxylation sites is 2. The predicted octanol–water partition coefficient (Wildman–Crippen LogP) is 20.8. The van der Waals surface area contributed by atoms with E-state index in [1.54, 1.807) is 0 Å². The molecule has 7 aromatic rings. The van der Waals surface area contributed by atoms with Gasteiger partial charge in [-0.2, -0.15) is 0 Å². The van der Waals surface area contributed by atoms with Crippen molar-refractivity contribution in [2.45, 2.75) is 115 Å². The Kier molecular flexibility index (Phi) is 27.2. The number of nitrogens with zero attached hydrogens (tertiary/aromatic N) is 1. The number of hydrogen-bond donors (Lipinski definition) is 3. The molecular weight excluding hydrogens is 933 g/mol. The summed E-state index contributed by atoms with van der Waals surface area (Å²) in [4.78, 5) is 0. The lowest BCUT2D eigenvalue weighted by atomic mass is 9.87. The third kappa shape index (κ3) is 16.3. The van der Waals surface area contributed by atoms with Crippen LogP contribution in [0.1, 0.15) is 136 Å². The van der Waals surface area contributed by atoms with Gasteiger partial charge in [0.1, 0.15) is 0 Å². The van der Waals surface area contributed by atoms with Crippen LogP contribution in [0, 0.1) is 0 Å². The summed E-state index contributed by atoms with van der Waals surface area (Å²) in [5.74, 6) is 0. The molecule has 0 saturated carbocycles. The van der Waals surface area contributed by atoms with Crippen molar-refractivity contribution in [3.63, 3.8) is 0 Å². The van der Waals surface area contributed by atoms with Gasteiger partial charge in [-0.3, -0.25) is 0 Å². The molecule has 2 aliphatic rings. The zero-order valence-electron chi connectivity index (χ0n) is 49.1. The number of anilines is 1. The van der Waals surface area contributed by atoms with Crippen molar-refractivity contribution in [3.8, 4) is 27.9 Å². The number of rotatable bonds is 14. The van der Waals surface area contributed by atoms with E-state index in [2.05, 4.69) is 235 Å². The molecule has 402 valence electrons. The lowest BCUT2D eigenvalue weighted by Crippen LogP contribution is -2.14. The topological polar surface area (TPSA) is 41.0 Å². The molecule has 9 rings (SSSR count). The van der Waals surface area contributed by atoms with Crippen LogP contribution in [-0.2, 0) is 6.42 Å². The molecule has 4 nitrogen and oxygen atoms in total. The molecule has 0 bridgehead atoms. The molecule has 0 amide bonds. The van der Waals surface area contributed by atoms with Crippen LogP contribution >= 0.6 is 0 Å². The zero-order chi connectivity index (χ0) is 56.0. The van der Waals surface area contributed by atoms with E-state index in [-0.39, 0.29) is 6.04 Å². The number of fused-ring (bicyclic) bond motifs is 3. The molecule has 0 aliphatic heterocycles. The lowest BCUT2D eigenvalue weighted by molar-refractivity contribution is 0.897. The van der Waals surface area contributed by atoms with Crippen LogP contribution < -0.4 is 16.0 Å². The van der Waals surface area contributed by atoms with Crippen molar-refractivity contribution < 1.29 is 0 Å². The van der Waals surface area contributed by atoms with E-state index in [0.29, 0.717) is 0 Å². The number of hydrogen-bond acceptors (Lipinski definition) is 3. The van der Waals surface area contributed by atoms with Gasteiger partial charge in [0.25, 0.3) is 0 Å². The monoisotopic (exact) mass is 1020 g/mol. The van der Waals surface area contributed by atoms with Crippen LogP contribution in [0.15, 0.2) is 229 Å². The van der Waals surface area contributed by atoms with Gasteiger partial charge in [-0.1, -0.05) is 213 Å². The highest BCUT2D eigenvalue weighted by atomic mass is 15.0. The Bertz CT molecular complexity index is 3100. The molecule has 3 N–H and O–H groups in total. The SMILES string of the molecule is CC.CC.CC.CC.CN/C=C\C(Nc1ccc(C2=Cc3c(n(-c4ccccc4)c4ccccc34)CC2)cc1C1=C(NC)C=CCC1)c1ccccc1-c1cccc(-c2ccccc2)c1.C\C=C/C=C(C)/C(C)=C/C=C\C. The third-order valence-electron chi connectivity index (χ3n) is 13.2. The van der Waals surface area contributed by atoms with Crippen LogP contribution in [0.2, 0.25) is 0 Å². The van der Waals surface area contributed by atoms with E-state index in [1.807, 2.05) is 102 Å². The van der Waals surface area contributed by atoms with Gasteiger partial charge in [0.15, 0.2) is 0 Å². The first-order valence-electron chi connectivity index (χ1n) is 28.5. The fourth-order valence-corrected chi connectivity index (χ4v) is 9.48. The minimum Gasteiger partial charge on any atom is -0.394 e. The maximum atomic E-state index is 4.05. The average molecular weight is 1020 g/mol. The van der Waals surface area contributed by atoms with Gasteiger partial charge in [0.05, 0.1) is 11.6 Å². The van der Waals surface area contributed by atoms with E-state index >= 15 is 0 Å². The van der Waals surface area contributed by atoms with Crippen molar-refractivity contribution in [2.24, 2.45) is 0 Å². The third-order valence-corrected chi connectivity index (χ3v) is 13.2. The Morgan fingerprint density at radius 2 is 1.18 bits per heavy atom. The molecule has 1 aromatic heterocycles. The number of aromatic nitrogens is 1. The standard InChI is InChI=1S/C53H48N4.C12H18.4C2H6/c1-54-33-32-51(44-23-10-9-22-43(44)41-19-15-18-38(34-41)37-16-5-3-6-17-37)56-50-30-28-39(35-47(50)45-24-11-13-26-49(45)55-2)40-29-31-53-48(36-40)46-25-12-14-27-52(46)57(53)42-20-7-4-8-21-42;1-5-7-9-11(3)12(4)10-8-6-2;4*1-2/h3-10,12-23,25-28,30,32-36,51,54-56H,11,24,29,31H2,1-2H3;5-10H,1-4H3;4*1-2H3/b33-32-;7-5-,8-6-,11-9+,12-10+;;;;. The van der Waals surface area contributed by atoms with Gasteiger partial charge in [-0.05, 0) is 170 Å². The smallest absolute Gasteiger partial charge is 0.0720 e. The second kappa shape index (κ2) is 34.0. The molecule has 0 fully saturated rings. The number of nitrogens with one attached hydrogen (secondary N) is 3. The number of allylic oxidation sites excluding steroid dienone is 12. The lowest BCUT2D eigenvalue weighted by Gasteiger charge is -2.26. The van der Waals surface area contributed by atoms with Gasteiger partial charge in [-0.25, -0.2) is 0 Å². The Hall–Kier alpha value is -7.82. The number of benzene rings is 6. The molecule has 1 atom stereocenters. The highest BCUT2D eigenvalue weighted by Gasteiger charge is 2.24. The van der Waals surface area contributed by atoms with E-state index in [1.165, 1.54) is 94.8 Å². The summed E-state index contributed by atoms with van der Waals surface area (Å²) in [6.45, 7) is 24.3. The molecular formula is C73H90N4. The summed E-state index contributed by atoms with van der Waals surface area (Å²) < 4.78 is 2.46. The van der Waals surface area contributed by atoms with Crippen LogP contribution in [0.25, 0.3) is 56.1 Å². The molecule has 1 heterocycles. The fourth-order valence-electron chi connectivity index (χ4n) is 9.48. The molecule has 1 unspecified atom stereocenters. The highest BCUT2D eigenvalue weighted by Crippen LogP contribution is 2.42. The van der Waals surface area contributed by atoms with E-state index in [9.17, 15) is 0 Å². The molecule has 6 aromatic carbocycles. The van der Waals surface area contributed by atoms with Gasteiger partial charge >= 0.3 is 0 Å². The summed E-state index contributed by atoms with van der Waals surface area (Å²) in [7, 11) is 4.00. The normalized spacial score (nSPS) is 13.3. The van der Waals surface area contributed by atoms with Gasteiger partial charge in [0.2, 0.25) is 0 Å². The maximum Gasteiger partial charge on any atom is 0.0720 e. The summed E-state index contributed by atoms with van der Waals surface area (Å²) in [6, 6.07) is 54.9.